The molecule has 11 heteroatoms. The van der Waals surface area contributed by atoms with Gasteiger partial charge in [-0.25, -0.2) is 4.79 Å². The first kappa shape index (κ1) is 44.1. The lowest BCUT2D eigenvalue weighted by Crippen LogP contribution is -2.51. The zero-order valence-electron chi connectivity index (χ0n) is 33.7. The predicted molar refractivity (Wildman–Crippen MR) is 199 cm³/mol. The molecule has 1 fully saturated rings. The first-order valence-electron chi connectivity index (χ1n) is 18.8. The molecule has 1 heterocycles. The van der Waals surface area contributed by atoms with Crippen molar-refractivity contribution in [3.05, 3.63) is 23.8 Å². The highest BCUT2D eigenvalue weighted by Gasteiger charge is 2.52. The Morgan fingerprint density at radius 3 is 2.14 bits per heavy atom. The van der Waals surface area contributed by atoms with Gasteiger partial charge in [0, 0.05) is 32.6 Å². The number of nitrogens with zero attached hydrogens (tertiary/aromatic N) is 1. The number of aliphatic carboxylic acids is 1. The monoisotopic (exact) mass is 720 g/mol. The second kappa shape index (κ2) is 19.1. The highest BCUT2D eigenvalue weighted by molar-refractivity contribution is 5.81. The molecule has 51 heavy (non-hydrogen) atoms. The third kappa shape index (κ3) is 12.3. The average molecular weight is 721 g/mol. The molecule has 1 aliphatic heterocycles. The van der Waals surface area contributed by atoms with Crippen LogP contribution in [0.2, 0.25) is 0 Å². The lowest BCUT2D eigenvalue weighted by Gasteiger charge is -2.37. The highest BCUT2D eigenvalue weighted by Crippen LogP contribution is 2.42. The molecular weight excluding hydrogens is 652 g/mol. The normalized spacial score (nSPS) is 18.8. The van der Waals surface area contributed by atoms with E-state index in [1.54, 1.807) is 19.1 Å². The van der Waals surface area contributed by atoms with E-state index in [0.29, 0.717) is 50.4 Å². The Hall–Kier alpha value is -3.05. The zero-order chi connectivity index (χ0) is 38.7. The molecule has 2 N–H and O–H groups in total. The molecule has 292 valence electrons. The largest absolute Gasteiger partial charge is 0.493 e. The summed E-state index contributed by atoms with van der Waals surface area (Å²) < 4.78 is 29.5. The van der Waals surface area contributed by atoms with Gasteiger partial charge in [0.1, 0.15) is 11.3 Å². The standard InChI is InChI=1S/C40H68N2O9/c1-14-40(15-2,36(44)45)25-41-35(43)30(27(5)6)24-33-31(42(39(10,11)50-33)37(46)51-38(7,8)9)23-29(26(3)4)21-28-17-18-32(48-13)34(22-28)49-20-16-19-47-12/h17-18,22,26-27,29-31,33H,14-16,19-21,23-25H2,1-13H3,(H,41,43)(H,44,45)/t29-,30+,31?,33?/m1/s1. The van der Waals surface area contributed by atoms with Crippen LogP contribution in [-0.2, 0) is 30.2 Å². The minimum Gasteiger partial charge on any atom is -0.493 e. The molecule has 1 aliphatic rings. The van der Waals surface area contributed by atoms with E-state index in [4.69, 9.17) is 23.7 Å². The SMILES string of the molecule is CCC(CC)(CNC(=O)[C@@H](CC1OC(C)(C)N(C(=O)OC(C)(C)C)C1C[C@@H](Cc1ccc(OC)c(OCCCOC)c1)C(C)C)C(C)C)C(=O)O. The third-order valence-electron chi connectivity index (χ3n) is 10.4. The topological polar surface area (TPSA) is 133 Å². The summed E-state index contributed by atoms with van der Waals surface area (Å²) in [6, 6.07) is 5.63. The van der Waals surface area contributed by atoms with Crippen molar-refractivity contribution in [1.82, 2.24) is 10.2 Å². The van der Waals surface area contributed by atoms with Gasteiger partial charge in [-0.15, -0.1) is 0 Å². The Morgan fingerprint density at radius 1 is 0.980 bits per heavy atom. The number of ether oxygens (including phenoxy) is 5. The number of carbonyl (C=O) groups excluding carboxylic acids is 2. The minimum absolute atomic E-state index is 0.0528. The molecule has 0 aromatic heterocycles. The van der Waals surface area contributed by atoms with Crippen molar-refractivity contribution >= 4 is 18.0 Å². The second-order valence-electron chi connectivity index (χ2n) is 16.2. The summed E-state index contributed by atoms with van der Waals surface area (Å²) in [7, 11) is 3.30. The lowest BCUT2D eigenvalue weighted by atomic mass is 9.80. The van der Waals surface area contributed by atoms with E-state index in [0.717, 1.165) is 18.4 Å². The molecule has 0 aliphatic carbocycles. The molecular formula is C40H68N2O9. The van der Waals surface area contributed by atoms with Gasteiger partial charge in [0.15, 0.2) is 11.5 Å². The quantitative estimate of drug-likeness (QED) is 0.130. The predicted octanol–water partition coefficient (Wildman–Crippen LogP) is 7.73. The Balaban J connectivity index is 2.48. The van der Waals surface area contributed by atoms with Gasteiger partial charge in [-0.2, -0.15) is 0 Å². The Labute approximate surface area is 307 Å². The molecule has 0 radical (unpaired) electrons. The summed E-state index contributed by atoms with van der Waals surface area (Å²) in [5.41, 5.74) is -1.66. The Morgan fingerprint density at radius 2 is 1.63 bits per heavy atom. The number of carboxylic acids is 1. The van der Waals surface area contributed by atoms with Gasteiger partial charge in [-0.05, 0) is 102 Å². The zero-order valence-corrected chi connectivity index (χ0v) is 33.7. The van der Waals surface area contributed by atoms with Crippen LogP contribution in [0.15, 0.2) is 18.2 Å². The first-order valence-corrected chi connectivity index (χ1v) is 18.8. The van der Waals surface area contributed by atoms with Crippen LogP contribution in [0.5, 0.6) is 11.5 Å². The van der Waals surface area contributed by atoms with Crippen molar-refractivity contribution in [2.75, 3.05) is 34.0 Å². The van der Waals surface area contributed by atoms with Gasteiger partial charge in [0.2, 0.25) is 5.91 Å². The van der Waals surface area contributed by atoms with E-state index >= 15 is 0 Å². The lowest BCUT2D eigenvalue weighted by molar-refractivity contribution is -0.149. The maximum absolute atomic E-state index is 14.0. The van der Waals surface area contributed by atoms with E-state index in [1.165, 1.54) is 0 Å². The van der Waals surface area contributed by atoms with Crippen molar-refractivity contribution in [3.8, 4) is 11.5 Å². The third-order valence-corrected chi connectivity index (χ3v) is 10.4. The van der Waals surface area contributed by atoms with Crippen molar-refractivity contribution in [2.45, 2.75) is 138 Å². The van der Waals surface area contributed by atoms with Crippen LogP contribution in [-0.4, -0.2) is 85.4 Å². The van der Waals surface area contributed by atoms with Crippen LogP contribution in [0.1, 0.15) is 114 Å². The molecule has 2 unspecified atom stereocenters. The van der Waals surface area contributed by atoms with Crippen LogP contribution >= 0.6 is 0 Å². The molecule has 4 atom stereocenters. The number of methoxy groups -OCH3 is 2. The number of carboxylic acid groups (broad SMARTS) is 1. The van der Waals surface area contributed by atoms with Gasteiger partial charge < -0.3 is 34.1 Å². The van der Waals surface area contributed by atoms with Crippen molar-refractivity contribution in [3.63, 3.8) is 0 Å². The van der Waals surface area contributed by atoms with Crippen molar-refractivity contribution < 1.29 is 43.2 Å². The minimum atomic E-state index is -1.03. The van der Waals surface area contributed by atoms with Crippen LogP contribution in [0.25, 0.3) is 0 Å². The van der Waals surface area contributed by atoms with Gasteiger partial charge >= 0.3 is 12.1 Å². The molecule has 1 saturated heterocycles. The summed E-state index contributed by atoms with van der Waals surface area (Å²) in [6.45, 7) is 22.5. The van der Waals surface area contributed by atoms with Gasteiger partial charge in [-0.1, -0.05) is 47.6 Å². The smallest absolute Gasteiger partial charge is 0.412 e. The summed E-state index contributed by atoms with van der Waals surface area (Å²) in [5, 5.41) is 12.9. The fourth-order valence-corrected chi connectivity index (χ4v) is 6.95. The van der Waals surface area contributed by atoms with Crippen molar-refractivity contribution in [2.24, 2.45) is 29.1 Å². The summed E-state index contributed by atoms with van der Waals surface area (Å²) in [6.07, 6.45) is 2.34. The van der Waals surface area contributed by atoms with E-state index in [-0.39, 0.29) is 36.2 Å². The molecule has 1 aromatic rings. The van der Waals surface area contributed by atoms with Crippen LogP contribution in [0, 0.1) is 29.1 Å². The number of hydrogen-bond donors (Lipinski definition) is 2. The molecule has 2 rings (SSSR count). The molecule has 0 spiro atoms. The maximum atomic E-state index is 14.0. The molecule has 1 aromatic carbocycles. The van der Waals surface area contributed by atoms with E-state index < -0.39 is 40.8 Å². The van der Waals surface area contributed by atoms with E-state index in [9.17, 15) is 19.5 Å². The Bertz CT molecular complexity index is 1270. The molecule has 0 saturated carbocycles. The number of benzene rings is 1. The summed E-state index contributed by atoms with van der Waals surface area (Å²) >= 11 is 0. The van der Waals surface area contributed by atoms with Crippen molar-refractivity contribution in [1.29, 1.82) is 0 Å². The average Bonchev–Trinajstić information content (AvgIpc) is 3.29. The van der Waals surface area contributed by atoms with Gasteiger partial charge in [0.25, 0.3) is 0 Å². The fourth-order valence-electron chi connectivity index (χ4n) is 6.95. The first-order chi connectivity index (χ1) is 23.7. The summed E-state index contributed by atoms with van der Waals surface area (Å²) in [4.78, 5) is 41.7. The van der Waals surface area contributed by atoms with Gasteiger partial charge in [0.05, 0.1) is 31.3 Å². The molecule has 11 nitrogen and oxygen atoms in total. The molecule has 0 bridgehead atoms. The van der Waals surface area contributed by atoms with Gasteiger partial charge in [-0.3, -0.25) is 14.5 Å². The molecule has 2 amide bonds. The summed E-state index contributed by atoms with van der Waals surface area (Å²) in [5.74, 6) is 0.0776. The number of carbonyl (C=O) groups is 3. The van der Waals surface area contributed by atoms with Crippen LogP contribution < -0.4 is 14.8 Å². The van der Waals surface area contributed by atoms with Crippen LogP contribution in [0.4, 0.5) is 4.79 Å². The number of rotatable bonds is 20. The number of amides is 2. The van der Waals surface area contributed by atoms with Crippen LogP contribution in [0.3, 0.4) is 0 Å². The maximum Gasteiger partial charge on any atom is 0.412 e. The fraction of sp³-hybridized carbons (Fsp3) is 0.775. The second-order valence-corrected chi connectivity index (χ2v) is 16.2. The van der Waals surface area contributed by atoms with E-state index in [2.05, 4.69) is 25.2 Å². The highest BCUT2D eigenvalue weighted by atomic mass is 16.6. The number of nitrogens with one attached hydrogen (secondary N) is 1. The number of hydrogen-bond acceptors (Lipinski definition) is 8. The Kier molecular flexibility index (Phi) is 16.6. The van der Waals surface area contributed by atoms with E-state index in [1.807, 2.05) is 74.4 Å².